The van der Waals surface area contributed by atoms with Crippen LogP contribution in [0.4, 0.5) is 4.79 Å². The van der Waals surface area contributed by atoms with E-state index in [4.69, 9.17) is 4.74 Å². The number of hydrogen-bond donors (Lipinski definition) is 1. The topological polar surface area (TPSA) is 71.0 Å². The number of amidine groups is 1. The highest BCUT2D eigenvalue weighted by Crippen LogP contribution is 2.13. The maximum absolute atomic E-state index is 11.9. The first-order chi connectivity index (χ1) is 7.95. The van der Waals surface area contributed by atoms with Gasteiger partial charge >= 0.3 is 5.24 Å². The zero-order valence-electron chi connectivity index (χ0n) is 10.4. The van der Waals surface area contributed by atoms with Gasteiger partial charge in [-0.2, -0.15) is 4.99 Å². The van der Waals surface area contributed by atoms with Crippen molar-refractivity contribution >= 4 is 28.7 Å². The number of likely N-dealkylation sites (N-methyl/N-ethyl adjacent to an activating group) is 1. The predicted octanol–water partition coefficient (Wildman–Crippen LogP) is 0.333. The van der Waals surface area contributed by atoms with Gasteiger partial charge in [0.15, 0.2) is 0 Å². The van der Waals surface area contributed by atoms with Gasteiger partial charge in [0.05, 0.1) is 11.9 Å². The molecule has 1 aliphatic rings. The fourth-order valence-corrected chi connectivity index (χ4v) is 1.94. The van der Waals surface area contributed by atoms with E-state index in [0.29, 0.717) is 11.6 Å². The molecule has 0 aromatic carbocycles. The van der Waals surface area contributed by atoms with Crippen LogP contribution in [0.2, 0.25) is 0 Å². The van der Waals surface area contributed by atoms with Gasteiger partial charge in [-0.15, -0.1) is 0 Å². The number of methoxy groups -OCH3 is 1. The molecule has 1 aliphatic heterocycles. The van der Waals surface area contributed by atoms with E-state index in [1.165, 1.54) is 4.90 Å². The molecule has 2 amide bonds. The predicted molar refractivity (Wildman–Crippen MR) is 67.4 cm³/mol. The van der Waals surface area contributed by atoms with Crippen LogP contribution in [0.25, 0.3) is 0 Å². The van der Waals surface area contributed by atoms with Gasteiger partial charge in [0.1, 0.15) is 11.9 Å². The number of carbonyl (C=O) groups excluding carboxylic acids is 2. The van der Waals surface area contributed by atoms with Crippen LogP contribution in [0.15, 0.2) is 4.99 Å². The zero-order chi connectivity index (χ0) is 13.0. The summed E-state index contributed by atoms with van der Waals surface area (Å²) in [5.74, 6) is 0.905. The average Bonchev–Trinajstić information content (AvgIpc) is 2.69. The molecule has 0 radical (unpaired) electrons. The van der Waals surface area contributed by atoms with Crippen LogP contribution < -0.4 is 5.32 Å². The molecule has 0 aromatic heterocycles. The summed E-state index contributed by atoms with van der Waals surface area (Å²) < 4.78 is 5.16. The second kappa shape index (κ2) is 6.02. The molecule has 7 heteroatoms. The Bertz CT molecular complexity index is 344. The third kappa shape index (κ3) is 3.71. The van der Waals surface area contributed by atoms with Crippen LogP contribution in [-0.2, 0) is 9.53 Å². The van der Waals surface area contributed by atoms with Gasteiger partial charge in [-0.3, -0.25) is 9.59 Å². The van der Waals surface area contributed by atoms with E-state index >= 15 is 0 Å². The van der Waals surface area contributed by atoms with E-state index in [2.05, 4.69) is 10.3 Å². The normalized spacial score (nSPS) is 18.6. The van der Waals surface area contributed by atoms with Crippen LogP contribution in [0.1, 0.15) is 6.92 Å². The number of nitrogens with zero attached hydrogens (tertiary/aromatic N) is 2. The van der Waals surface area contributed by atoms with E-state index in [0.717, 1.165) is 11.8 Å². The summed E-state index contributed by atoms with van der Waals surface area (Å²) in [6.07, 6.45) is -0.298. The Morgan fingerprint density at radius 2 is 2.24 bits per heavy atom. The highest BCUT2D eigenvalue weighted by molar-refractivity contribution is 8.14. The van der Waals surface area contributed by atoms with Crippen molar-refractivity contribution in [3.63, 3.8) is 0 Å². The number of rotatable bonds is 4. The fraction of sp³-hybridized carbons (Fsp3) is 0.700. The number of thioether (sulfide) groups is 1. The van der Waals surface area contributed by atoms with Gasteiger partial charge in [-0.1, -0.05) is 11.8 Å². The molecule has 1 unspecified atom stereocenters. The lowest BCUT2D eigenvalue weighted by molar-refractivity contribution is -0.133. The Labute approximate surface area is 105 Å². The molecule has 17 heavy (non-hydrogen) atoms. The molecule has 1 N–H and O–H groups in total. The fourth-order valence-electron chi connectivity index (χ4n) is 1.35. The first-order valence-electron chi connectivity index (χ1n) is 5.20. The number of hydrogen-bond acceptors (Lipinski definition) is 5. The minimum absolute atomic E-state index is 0.105. The molecular weight excluding hydrogens is 242 g/mol. The summed E-state index contributed by atoms with van der Waals surface area (Å²) in [4.78, 5) is 28.2. The van der Waals surface area contributed by atoms with Crippen molar-refractivity contribution in [2.24, 2.45) is 4.99 Å². The molecule has 0 saturated carbocycles. The molecule has 0 bridgehead atoms. The van der Waals surface area contributed by atoms with Crippen LogP contribution in [0.5, 0.6) is 0 Å². The second-order valence-corrected chi connectivity index (χ2v) is 4.84. The van der Waals surface area contributed by atoms with Crippen molar-refractivity contribution in [3.05, 3.63) is 0 Å². The quantitative estimate of drug-likeness (QED) is 0.788. The van der Waals surface area contributed by atoms with Crippen molar-refractivity contribution < 1.29 is 14.3 Å². The van der Waals surface area contributed by atoms with E-state index < -0.39 is 6.04 Å². The summed E-state index contributed by atoms with van der Waals surface area (Å²) in [5, 5.41) is 2.74. The summed E-state index contributed by atoms with van der Waals surface area (Å²) in [6, 6.07) is -0.528. The van der Waals surface area contributed by atoms with Crippen LogP contribution in [0, 0.1) is 0 Å². The zero-order valence-corrected chi connectivity index (χ0v) is 11.2. The number of ether oxygens (including phenoxy) is 1. The number of carbonyl (C=O) groups is 2. The Kier molecular flexibility index (Phi) is 4.95. The lowest BCUT2D eigenvalue weighted by Gasteiger charge is -2.26. The smallest absolute Gasteiger partial charge is 0.306 e. The number of aliphatic imine (C=N–C) groups is 1. The largest absolute Gasteiger partial charge is 0.379 e. The van der Waals surface area contributed by atoms with Crippen molar-refractivity contribution in [1.82, 2.24) is 10.2 Å². The lowest BCUT2D eigenvalue weighted by atomic mass is 10.1. The maximum Gasteiger partial charge on any atom is 0.306 e. The highest BCUT2D eigenvalue weighted by atomic mass is 32.2. The average molecular weight is 259 g/mol. The number of amides is 2. The molecule has 96 valence electrons. The van der Waals surface area contributed by atoms with Gasteiger partial charge in [-0.25, -0.2) is 0 Å². The Hall–Kier alpha value is -1.08. The van der Waals surface area contributed by atoms with Crippen molar-refractivity contribution in [2.45, 2.75) is 19.1 Å². The third-order valence-corrected chi connectivity index (χ3v) is 3.18. The summed E-state index contributed by atoms with van der Waals surface area (Å²) >= 11 is 1.12. The first-order valence-corrected chi connectivity index (χ1v) is 6.19. The maximum atomic E-state index is 11.9. The van der Waals surface area contributed by atoms with Gasteiger partial charge in [0, 0.05) is 21.2 Å². The molecule has 0 aromatic rings. The molecule has 1 rings (SSSR count). The first kappa shape index (κ1) is 14.0. The van der Waals surface area contributed by atoms with E-state index in [9.17, 15) is 9.59 Å². The van der Waals surface area contributed by atoms with Crippen molar-refractivity contribution in [1.29, 1.82) is 0 Å². The van der Waals surface area contributed by atoms with Crippen molar-refractivity contribution in [2.75, 3.05) is 27.0 Å². The standard InChI is InChI=1S/C10H17N3O3S/c1-6(16-4)8(9(14)13(2)3)11-7-5-17-10(15)12-7/h6,8H,5H2,1-4H3,(H,11,12,15)/t6?,8-/m0/s1. The molecule has 6 nitrogen and oxygen atoms in total. The lowest BCUT2D eigenvalue weighted by Crippen LogP contribution is -2.52. The number of nitrogens with one attached hydrogen (secondary N) is 1. The summed E-state index contributed by atoms with van der Waals surface area (Å²) in [5.41, 5.74) is 0. The monoisotopic (exact) mass is 259 g/mol. The van der Waals surface area contributed by atoms with Crippen LogP contribution in [0.3, 0.4) is 0 Å². The molecule has 0 fully saturated rings. The Balaban J connectivity index is 2.74. The summed E-state index contributed by atoms with van der Waals surface area (Å²) in [7, 11) is 4.89. The minimum Gasteiger partial charge on any atom is -0.379 e. The van der Waals surface area contributed by atoms with Crippen LogP contribution in [-0.4, -0.2) is 61.0 Å². The van der Waals surface area contributed by atoms with E-state index in [1.54, 1.807) is 28.1 Å². The molecule has 0 saturated heterocycles. The van der Waals surface area contributed by atoms with Gasteiger partial charge in [-0.05, 0) is 6.92 Å². The molecule has 0 spiro atoms. The summed E-state index contributed by atoms with van der Waals surface area (Å²) in [6.45, 7) is 1.80. The molecule has 1 heterocycles. The Morgan fingerprint density at radius 1 is 1.59 bits per heavy atom. The van der Waals surface area contributed by atoms with E-state index in [-0.39, 0.29) is 17.3 Å². The minimum atomic E-state index is -0.528. The van der Waals surface area contributed by atoms with Gasteiger partial charge in [0.25, 0.3) is 0 Å². The third-order valence-electron chi connectivity index (χ3n) is 2.43. The van der Waals surface area contributed by atoms with Gasteiger partial charge < -0.3 is 15.0 Å². The second-order valence-electron chi connectivity index (χ2n) is 3.91. The Morgan fingerprint density at radius 3 is 2.65 bits per heavy atom. The molecular formula is C10H17N3O3S. The SMILES string of the molecule is COC(C)[C@H](NC1=NC(=O)SC1)C(=O)N(C)C. The molecule has 2 atom stereocenters. The van der Waals surface area contributed by atoms with Crippen LogP contribution >= 0.6 is 11.8 Å². The van der Waals surface area contributed by atoms with Gasteiger partial charge in [0.2, 0.25) is 5.91 Å². The molecule has 0 aliphatic carbocycles. The highest BCUT2D eigenvalue weighted by Gasteiger charge is 2.29. The van der Waals surface area contributed by atoms with Crippen molar-refractivity contribution in [3.8, 4) is 0 Å². The van der Waals surface area contributed by atoms with E-state index in [1.807, 2.05) is 0 Å².